The first-order chi connectivity index (χ1) is 15.2. The Balaban J connectivity index is 0.000000407. The van der Waals surface area contributed by atoms with E-state index in [0.29, 0.717) is 58.5 Å². The number of fused-ring (bicyclic) bond motifs is 1. The number of carbonyl (C=O) groups is 1. The molecule has 0 bridgehead atoms. The van der Waals surface area contributed by atoms with Gasteiger partial charge in [0.15, 0.2) is 18.0 Å². The molecule has 0 unspecified atom stereocenters. The maximum atomic E-state index is 13.5. The minimum absolute atomic E-state index is 0.0222. The van der Waals surface area contributed by atoms with Gasteiger partial charge >= 0.3 is 0 Å². The zero-order valence-electron chi connectivity index (χ0n) is 17.0. The van der Waals surface area contributed by atoms with Crippen LogP contribution in [-0.2, 0) is 4.79 Å². The number of anilines is 1. The summed E-state index contributed by atoms with van der Waals surface area (Å²) >= 11 is 0.0222. The van der Waals surface area contributed by atoms with Crippen LogP contribution < -0.4 is 14.8 Å². The number of ether oxygens (including phenoxy) is 2. The van der Waals surface area contributed by atoms with Crippen molar-refractivity contribution in [3.8, 4) is 22.8 Å². The summed E-state index contributed by atoms with van der Waals surface area (Å²) in [6.45, 7) is 0.417. The highest BCUT2D eigenvalue weighted by atomic mass is 32.2. The number of carbonyl (C=O) groups excluding carboxylic acids is 1. The Labute approximate surface area is 183 Å². The van der Waals surface area contributed by atoms with Crippen LogP contribution in [0.4, 0.5) is 9.70 Å². The van der Waals surface area contributed by atoms with E-state index in [1.807, 2.05) is 0 Å². The summed E-state index contributed by atoms with van der Waals surface area (Å²) in [4.78, 5) is 19.2. The number of aliphatic hydroxyl groups excluding tert-OH is 1. The molecule has 0 aromatic carbocycles. The summed E-state index contributed by atoms with van der Waals surface area (Å²) in [6, 6.07) is 5.19. The predicted octanol–water partition coefficient (Wildman–Crippen LogP) is 3.99. The van der Waals surface area contributed by atoms with Crippen LogP contribution in [0.15, 0.2) is 30.6 Å². The van der Waals surface area contributed by atoms with Crippen molar-refractivity contribution in [1.82, 2.24) is 13.9 Å². The van der Waals surface area contributed by atoms with E-state index < -0.39 is 0 Å². The molecule has 2 saturated carbocycles. The standard InChI is InChI=1S/C17H15FN4O3S.C4H8O/c1-24-17-15(13(6-7-19-17)25-10-2-3-10)12-8-22(26-18)16-11(12)4-5-14(21-16)20-9-23;5-3-4-1-2-4/h4-10H,2-3H2,1H3,(H,20,21,23);4-5H,1-3H2. The lowest BCUT2D eigenvalue weighted by atomic mass is 10.1. The van der Waals surface area contributed by atoms with Crippen molar-refractivity contribution in [2.24, 2.45) is 5.92 Å². The Bertz CT molecular complexity index is 1070. The number of methoxy groups -OCH3 is 1. The molecule has 3 aromatic heterocycles. The molecule has 31 heavy (non-hydrogen) atoms. The number of hydrogen-bond acceptors (Lipinski definition) is 7. The molecule has 0 saturated heterocycles. The number of halogens is 1. The summed E-state index contributed by atoms with van der Waals surface area (Å²) in [5.74, 6) is 2.05. The summed E-state index contributed by atoms with van der Waals surface area (Å²) in [7, 11) is 1.53. The molecule has 1 amide bonds. The van der Waals surface area contributed by atoms with Crippen LogP contribution in [0.2, 0.25) is 0 Å². The molecule has 2 aliphatic rings. The van der Waals surface area contributed by atoms with Gasteiger partial charge in [0.1, 0.15) is 11.6 Å². The lowest BCUT2D eigenvalue weighted by molar-refractivity contribution is -0.105. The molecule has 164 valence electrons. The van der Waals surface area contributed by atoms with Crippen molar-refractivity contribution >= 4 is 35.6 Å². The van der Waals surface area contributed by atoms with Gasteiger partial charge in [-0.25, -0.2) is 13.9 Å². The molecule has 8 nitrogen and oxygen atoms in total. The molecule has 0 atom stereocenters. The maximum absolute atomic E-state index is 13.5. The lowest BCUT2D eigenvalue weighted by Gasteiger charge is -2.13. The number of nitrogens with one attached hydrogen (secondary N) is 1. The highest BCUT2D eigenvalue weighted by Crippen LogP contribution is 2.43. The summed E-state index contributed by atoms with van der Waals surface area (Å²) in [5, 5.41) is 11.4. The molecule has 0 aliphatic heterocycles. The van der Waals surface area contributed by atoms with Gasteiger partial charge in [0.2, 0.25) is 12.3 Å². The Hall–Kier alpha value is -2.85. The van der Waals surface area contributed by atoms with E-state index >= 15 is 0 Å². The van der Waals surface area contributed by atoms with E-state index in [2.05, 4.69) is 15.3 Å². The highest BCUT2D eigenvalue weighted by Gasteiger charge is 2.27. The second kappa shape index (κ2) is 9.52. The number of amides is 1. The van der Waals surface area contributed by atoms with Crippen molar-refractivity contribution in [3.05, 3.63) is 30.6 Å². The topological polar surface area (TPSA) is 98.5 Å². The Morgan fingerprint density at radius 2 is 2.13 bits per heavy atom. The van der Waals surface area contributed by atoms with Crippen molar-refractivity contribution in [1.29, 1.82) is 0 Å². The zero-order chi connectivity index (χ0) is 21.8. The third kappa shape index (κ3) is 4.91. The average Bonchev–Trinajstić information content (AvgIpc) is 3.72. The maximum Gasteiger partial charge on any atom is 0.224 e. The molecule has 10 heteroatoms. The summed E-state index contributed by atoms with van der Waals surface area (Å²) in [5.41, 5.74) is 1.72. The van der Waals surface area contributed by atoms with Crippen molar-refractivity contribution in [2.45, 2.75) is 31.8 Å². The minimum atomic E-state index is 0.0222. The molecular formula is C21H23FN4O4S. The van der Waals surface area contributed by atoms with E-state index in [0.717, 1.165) is 12.8 Å². The van der Waals surface area contributed by atoms with Gasteiger partial charge in [0.25, 0.3) is 0 Å². The summed E-state index contributed by atoms with van der Waals surface area (Å²) < 4.78 is 26.2. The number of hydrogen-bond donors (Lipinski definition) is 2. The lowest BCUT2D eigenvalue weighted by Crippen LogP contribution is -2.00. The predicted molar refractivity (Wildman–Crippen MR) is 117 cm³/mol. The smallest absolute Gasteiger partial charge is 0.224 e. The second-order valence-corrected chi connectivity index (χ2v) is 7.94. The van der Waals surface area contributed by atoms with Gasteiger partial charge < -0.3 is 19.9 Å². The molecule has 3 aromatic rings. The summed E-state index contributed by atoms with van der Waals surface area (Å²) in [6.07, 6.45) is 8.48. The number of pyridine rings is 2. The molecule has 5 rings (SSSR count). The SMILES string of the molecule is COc1nccc(OC2CC2)c1-c1cn(SF)c2nc(NC=O)ccc12.OCC1CC1. The number of aliphatic hydroxyl groups is 1. The van der Waals surface area contributed by atoms with Gasteiger partial charge in [-0.1, -0.05) is 0 Å². The van der Waals surface area contributed by atoms with Crippen LogP contribution in [-0.4, -0.2) is 45.3 Å². The van der Waals surface area contributed by atoms with Crippen LogP contribution in [0, 0.1) is 5.92 Å². The van der Waals surface area contributed by atoms with Gasteiger partial charge in [-0.05, 0) is 49.8 Å². The molecule has 2 fully saturated rings. The molecule has 0 radical (unpaired) electrons. The highest BCUT2D eigenvalue weighted by molar-refractivity contribution is 7.92. The first kappa shape index (κ1) is 21.4. The van der Waals surface area contributed by atoms with Crippen molar-refractivity contribution in [3.63, 3.8) is 0 Å². The van der Waals surface area contributed by atoms with E-state index in [-0.39, 0.29) is 18.4 Å². The molecular weight excluding hydrogens is 423 g/mol. The van der Waals surface area contributed by atoms with Gasteiger partial charge in [-0.2, -0.15) is 0 Å². The Morgan fingerprint density at radius 1 is 1.32 bits per heavy atom. The largest absolute Gasteiger partial charge is 0.490 e. The van der Waals surface area contributed by atoms with Crippen LogP contribution in [0.25, 0.3) is 22.2 Å². The Kier molecular flexibility index (Phi) is 6.57. The van der Waals surface area contributed by atoms with Crippen LogP contribution >= 0.6 is 12.3 Å². The van der Waals surface area contributed by atoms with Crippen molar-refractivity contribution in [2.75, 3.05) is 19.0 Å². The van der Waals surface area contributed by atoms with E-state index in [9.17, 15) is 8.68 Å². The van der Waals surface area contributed by atoms with Gasteiger partial charge in [0, 0.05) is 30.0 Å². The fourth-order valence-electron chi connectivity index (χ4n) is 3.06. The molecule has 2 aliphatic carbocycles. The average molecular weight is 447 g/mol. The normalized spacial score (nSPS) is 15.2. The third-order valence-electron chi connectivity index (χ3n) is 5.02. The van der Waals surface area contributed by atoms with Gasteiger partial charge in [0.05, 0.1) is 18.8 Å². The van der Waals surface area contributed by atoms with E-state index in [4.69, 9.17) is 14.6 Å². The Morgan fingerprint density at radius 3 is 2.71 bits per heavy atom. The third-order valence-corrected chi connectivity index (χ3v) is 5.44. The van der Waals surface area contributed by atoms with Crippen LogP contribution in [0.1, 0.15) is 25.7 Å². The van der Waals surface area contributed by atoms with Crippen LogP contribution in [0.3, 0.4) is 0 Å². The molecule has 2 N–H and O–H groups in total. The fraction of sp³-hybridized carbons (Fsp3) is 0.381. The zero-order valence-corrected chi connectivity index (χ0v) is 17.8. The fourth-order valence-corrected chi connectivity index (χ4v) is 3.41. The minimum Gasteiger partial charge on any atom is -0.490 e. The number of nitrogens with zero attached hydrogens (tertiary/aromatic N) is 3. The number of rotatable bonds is 8. The molecule has 3 heterocycles. The number of aromatic nitrogens is 3. The quantitative estimate of drug-likeness (QED) is 0.505. The van der Waals surface area contributed by atoms with E-state index in [1.54, 1.807) is 30.6 Å². The van der Waals surface area contributed by atoms with Crippen LogP contribution in [0.5, 0.6) is 11.6 Å². The first-order valence-electron chi connectivity index (χ1n) is 10.0. The first-order valence-corrected chi connectivity index (χ1v) is 10.7. The second-order valence-electron chi connectivity index (χ2n) is 7.40. The molecule has 0 spiro atoms. The van der Waals surface area contributed by atoms with Gasteiger partial charge in [-0.15, -0.1) is 3.89 Å². The monoisotopic (exact) mass is 446 g/mol. The van der Waals surface area contributed by atoms with Gasteiger partial charge in [-0.3, -0.25) is 4.79 Å². The van der Waals surface area contributed by atoms with E-state index in [1.165, 1.54) is 23.9 Å². The van der Waals surface area contributed by atoms with Crippen molar-refractivity contribution < 1.29 is 23.3 Å².